The minimum atomic E-state index is -0.604. The molecule has 1 aromatic heterocycles. The second kappa shape index (κ2) is 13.1. The Morgan fingerprint density at radius 1 is 1.07 bits per heavy atom. The largest absolute Gasteiger partial charge is 0.488 e. The molecule has 1 saturated heterocycles. The molecule has 0 spiro atoms. The molecule has 43 heavy (non-hydrogen) atoms. The number of nitrogens with zero attached hydrogens (tertiary/aromatic N) is 2. The zero-order chi connectivity index (χ0) is 29.8. The van der Waals surface area contributed by atoms with Crippen molar-refractivity contribution in [3.05, 3.63) is 112 Å². The van der Waals surface area contributed by atoms with E-state index in [1.807, 2.05) is 30.3 Å². The predicted molar refractivity (Wildman–Crippen MR) is 160 cm³/mol. The Kier molecular flexibility index (Phi) is 8.87. The van der Waals surface area contributed by atoms with Crippen LogP contribution < -0.4 is 14.8 Å². The molecule has 2 heterocycles. The molecule has 1 aliphatic heterocycles. The van der Waals surface area contributed by atoms with E-state index < -0.39 is 6.10 Å². The monoisotopic (exact) mass is 599 g/mol. The molecule has 0 radical (unpaired) electrons. The van der Waals surface area contributed by atoms with E-state index in [2.05, 4.69) is 16.4 Å². The van der Waals surface area contributed by atoms with Gasteiger partial charge in [0.05, 0.1) is 23.3 Å². The van der Waals surface area contributed by atoms with Crippen molar-refractivity contribution < 1.29 is 23.7 Å². The summed E-state index contributed by atoms with van der Waals surface area (Å²) in [6.07, 6.45) is 4.47. The average molecular weight is 600 g/mol. The number of benzene rings is 3. The molecular formula is C34H31ClFN3O4. The average Bonchev–Trinajstić information content (AvgIpc) is 3.44. The van der Waals surface area contributed by atoms with E-state index in [4.69, 9.17) is 25.8 Å². The summed E-state index contributed by atoms with van der Waals surface area (Å²) in [5.74, 6) is 0.789. The van der Waals surface area contributed by atoms with Crippen LogP contribution in [0.25, 0.3) is 11.1 Å². The van der Waals surface area contributed by atoms with Gasteiger partial charge in [0.2, 0.25) is 0 Å². The van der Waals surface area contributed by atoms with Gasteiger partial charge in [-0.05, 0) is 54.2 Å². The molecule has 7 nitrogen and oxygen atoms in total. The van der Waals surface area contributed by atoms with Gasteiger partial charge in [-0.2, -0.15) is 5.26 Å². The maximum absolute atomic E-state index is 14.7. The molecule has 0 amide bonds. The highest BCUT2D eigenvalue weighted by Crippen LogP contribution is 2.43. The third-order valence-corrected chi connectivity index (χ3v) is 8.26. The third kappa shape index (κ3) is 6.51. The summed E-state index contributed by atoms with van der Waals surface area (Å²) < 4.78 is 32.8. The maximum atomic E-state index is 14.7. The predicted octanol–water partition coefficient (Wildman–Crippen LogP) is 6.30. The molecule has 2 aliphatic rings. The number of fused-ring (bicyclic) bond motifs is 1. The lowest BCUT2D eigenvalue weighted by Gasteiger charge is -2.29. The van der Waals surface area contributed by atoms with Crippen LogP contribution in [0.5, 0.6) is 11.5 Å². The van der Waals surface area contributed by atoms with Crippen LogP contribution in [-0.4, -0.2) is 35.5 Å². The first-order valence-electron chi connectivity index (χ1n) is 14.3. The van der Waals surface area contributed by atoms with Crippen LogP contribution in [0.2, 0.25) is 5.02 Å². The molecule has 0 unspecified atom stereocenters. The van der Waals surface area contributed by atoms with Crippen LogP contribution in [0, 0.1) is 17.1 Å². The number of nitrogens with one attached hydrogen (secondary N) is 1. The molecule has 0 bridgehead atoms. The zero-order valence-corrected chi connectivity index (χ0v) is 24.2. The van der Waals surface area contributed by atoms with Gasteiger partial charge >= 0.3 is 0 Å². The number of aliphatic hydroxyl groups excluding tert-OH is 1. The second-order valence-electron chi connectivity index (χ2n) is 10.8. The maximum Gasteiger partial charge on any atom is 0.142 e. The molecule has 4 aromatic rings. The SMILES string of the molecule is N#Cc1cncc(COc2cc(O[C@H]3CCc4c(-c5ccccc5F)cccc43)c(Cl)cc2CN[C@@H]2CCOC[C@H]2O)c1. The molecule has 2 N–H and O–H groups in total. The number of hydrogen-bond acceptors (Lipinski definition) is 7. The fourth-order valence-electron chi connectivity index (χ4n) is 5.75. The van der Waals surface area contributed by atoms with Gasteiger partial charge in [-0.3, -0.25) is 4.98 Å². The van der Waals surface area contributed by atoms with E-state index in [0.29, 0.717) is 47.2 Å². The molecular weight excluding hydrogens is 569 g/mol. The van der Waals surface area contributed by atoms with Gasteiger partial charge in [0.25, 0.3) is 0 Å². The van der Waals surface area contributed by atoms with Crippen LogP contribution >= 0.6 is 11.6 Å². The Balaban J connectivity index is 1.26. The molecule has 1 fully saturated rings. The number of hydrogen-bond donors (Lipinski definition) is 2. The summed E-state index contributed by atoms with van der Waals surface area (Å²) in [5, 5.41) is 23.4. The van der Waals surface area contributed by atoms with Crippen LogP contribution in [0.4, 0.5) is 4.39 Å². The minimum Gasteiger partial charge on any atom is -0.488 e. The smallest absolute Gasteiger partial charge is 0.142 e. The lowest BCUT2D eigenvalue weighted by Crippen LogP contribution is -2.46. The molecule has 3 atom stereocenters. The number of halogens is 2. The first kappa shape index (κ1) is 29.1. The summed E-state index contributed by atoms with van der Waals surface area (Å²) in [4.78, 5) is 4.13. The highest BCUT2D eigenvalue weighted by Gasteiger charge is 2.29. The van der Waals surface area contributed by atoms with Gasteiger partial charge in [-0.1, -0.05) is 48.0 Å². The quantitative estimate of drug-likeness (QED) is 0.233. The fraction of sp³-hybridized carbons (Fsp3) is 0.294. The number of pyridine rings is 1. The van der Waals surface area contributed by atoms with Crippen molar-refractivity contribution >= 4 is 11.6 Å². The number of aliphatic hydroxyl groups is 1. The molecule has 9 heteroatoms. The minimum absolute atomic E-state index is 0.119. The van der Waals surface area contributed by atoms with Crippen molar-refractivity contribution in [3.8, 4) is 28.7 Å². The summed E-state index contributed by atoms with van der Waals surface area (Å²) in [6, 6.07) is 20.0. The van der Waals surface area contributed by atoms with Gasteiger partial charge in [0.15, 0.2) is 0 Å². The normalized spacial score (nSPS) is 19.4. The van der Waals surface area contributed by atoms with Gasteiger partial charge < -0.3 is 24.6 Å². The standard InChI is InChI=1S/C34H31ClFN3O4/c35-28-13-23(18-39-30-10-11-41-20-31(30)40)33(42-19-22-12-21(15-37)16-38-17-22)14-34(28)43-32-9-8-25-24(5-3-6-27(25)32)26-4-1-2-7-29(26)36/h1-7,12-14,16-17,30-32,39-40H,8-11,18-20H2/t30-,31-,32+/m1/s1. The Morgan fingerprint density at radius 2 is 1.93 bits per heavy atom. The lowest BCUT2D eigenvalue weighted by molar-refractivity contribution is -0.0281. The highest BCUT2D eigenvalue weighted by molar-refractivity contribution is 6.32. The van der Waals surface area contributed by atoms with Crippen molar-refractivity contribution in [2.75, 3.05) is 13.2 Å². The molecule has 6 rings (SSSR count). The topological polar surface area (TPSA) is 96.6 Å². The Morgan fingerprint density at radius 3 is 2.77 bits per heavy atom. The van der Waals surface area contributed by atoms with E-state index in [0.717, 1.165) is 40.7 Å². The highest BCUT2D eigenvalue weighted by atomic mass is 35.5. The number of ether oxygens (including phenoxy) is 3. The van der Waals surface area contributed by atoms with Crippen molar-refractivity contribution in [2.24, 2.45) is 0 Å². The van der Waals surface area contributed by atoms with Crippen molar-refractivity contribution in [2.45, 2.75) is 50.7 Å². The number of nitriles is 1. The van der Waals surface area contributed by atoms with Gasteiger partial charge in [-0.15, -0.1) is 0 Å². The van der Waals surface area contributed by atoms with E-state index in [1.54, 1.807) is 30.5 Å². The zero-order valence-electron chi connectivity index (χ0n) is 23.4. The van der Waals surface area contributed by atoms with Crippen LogP contribution in [-0.2, 0) is 24.3 Å². The van der Waals surface area contributed by atoms with Gasteiger partial charge in [-0.25, -0.2) is 4.39 Å². The Hall–Kier alpha value is -4.00. The third-order valence-electron chi connectivity index (χ3n) is 7.96. The Labute approximate surface area is 254 Å². The van der Waals surface area contributed by atoms with E-state index >= 15 is 0 Å². The van der Waals surface area contributed by atoms with Gasteiger partial charge in [0, 0.05) is 54.3 Å². The van der Waals surface area contributed by atoms with Crippen molar-refractivity contribution in [1.29, 1.82) is 5.26 Å². The summed E-state index contributed by atoms with van der Waals surface area (Å²) >= 11 is 6.79. The molecule has 3 aromatic carbocycles. The molecule has 1 aliphatic carbocycles. The van der Waals surface area contributed by atoms with Crippen molar-refractivity contribution in [1.82, 2.24) is 10.3 Å². The van der Waals surface area contributed by atoms with E-state index in [9.17, 15) is 14.8 Å². The molecule has 0 saturated carbocycles. The Bertz CT molecular complexity index is 1660. The molecule has 220 valence electrons. The van der Waals surface area contributed by atoms with Crippen LogP contribution in [0.15, 0.2) is 73.1 Å². The van der Waals surface area contributed by atoms with Gasteiger partial charge in [0.1, 0.15) is 36.1 Å². The number of aromatic nitrogens is 1. The summed E-state index contributed by atoms with van der Waals surface area (Å²) in [7, 11) is 0. The lowest BCUT2D eigenvalue weighted by atomic mass is 9.96. The summed E-state index contributed by atoms with van der Waals surface area (Å²) in [5.41, 5.74) is 5.54. The van der Waals surface area contributed by atoms with Crippen LogP contribution in [0.3, 0.4) is 0 Å². The second-order valence-corrected chi connectivity index (χ2v) is 11.2. The number of rotatable bonds is 9. The van der Waals surface area contributed by atoms with E-state index in [1.165, 1.54) is 12.3 Å². The first-order chi connectivity index (χ1) is 21.0. The van der Waals surface area contributed by atoms with E-state index in [-0.39, 0.29) is 31.2 Å². The summed E-state index contributed by atoms with van der Waals surface area (Å²) in [6.45, 7) is 1.47. The van der Waals surface area contributed by atoms with Crippen molar-refractivity contribution in [3.63, 3.8) is 0 Å². The fourth-order valence-corrected chi connectivity index (χ4v) is 5.98. The first-order valence-corrected chi connectivity index (χ1v) is 14.7. The van der Waals surface area contributed by atoms with Crippen LogP contribution in [0.1, 0.15) is 46.8 Å².